The van der Waals surface area contributed by atoms with Crippen LogP contribution in [-0.4, -0.2) is 11.9 Å². The number of carbonyl (C=O) groups excluding carboxylic acids is 2. The fraction of sp³-hybridized carbons (Fsp3) is 0.750. The van der Waals surface area contributed by atoms with Crippen LogP contribution in [0.2, 0.25) is 0 Å². The number of carboxylic acid groups (broad SMARTS) is 1. The van der Waals surface area contributed by atoms with Gasteiger partial charge >= 0.3 is 57.4 Å². The third-order valence-corrected chi connectivity index (χ3v) is 3.05. The van der Waals surface area contributed by atoms with E-state index >= 15 is 0 Å². The Morgan fingerprint density at radius 2 is 1.52 bits per heavy atom. The summed E-state index contributed by atoms with van der Waals surface area (Å²) < 4.78 is 4.75. The molecule has 0 saturated heterocycles. The maximum absolute atomic E-state index is 11.0. The van der Waals surface area contributed by atoms with Crippen LogP contribution in [0.15, 0.2) is 12.3 Å². The van der Waals surface area contributed by atoms with Crippen LogP contribution in [0, 0.1) is 0 Å². The molecule has 0 rings (SSSR count). The number of hydrogen-bond donors (Lipinski definition) is 0. The average molecular weight is 322 g/mol. The summed E-state index contributed by atoms with van der Waals surface area (Å²) >= 11 is 0. The molecule has 0 fully saturated rings. The molecule has 0 amide bonds. The quantitative estimate of drug-likeness (QED) is 0.209. The van der Waals surface area contributed by atoms with Crippen molar-refractivity contribution >= 4 is 11.9 Å². The summed E-state index contributed by atoms with van der Waals surface area (Å²) in [6, 6.07) is 0. The summed E-state index contributed by atoms with van der Waals surface area (Å²) in [5, 5.41) is 10.1. The molecular formula is C16H27KO4. The number of carboxylic acids is 1. The van der Waals surface area contributed by atoms with Crippen molar-refractivity contribution in [2.24, 2.45) is 0 Å². The molecule has 0 aliphatic carbocycles. The van der Waals surface area contributed by atoms with Crippen LogP contribution in [0.25, 0.3) is 0 Å². The van der Waals surface area contributed by atoms with Gasteiger partial charge in [-0.15, -0.1) is 0 Å². The zero-order chi connectivity index (χ0) is 15.1. The summed E-state index contributed by atoms with van der Waals surface area (Å²) in [6.45, 7) is 2.22. The number of ether oxygens (including phenoxy) is 1. The Kier molecular flexibility index (Phi) is 20.6. The van der Waals surface area contributed by atoms with Crippen molar-refractivity contribution in [3.8, 4) is 0 Å². The number of carbonyl (C=O) groups is 2. The molecular weight excluding hydrogens is 295 g/mol. The molecule has 5 heteroatoms. The van der Waals surface area contributed by atoms with E-state index < -0.39 is 11.9 Å². The number of unbranched alkanes of at least 4 members (excludes halogenated alkanes) is 8. The van der Waals surface area contributed by atoms with Crippen molar-refractivity contribution in [3.63, 3.8) is 0 Å². The van der Waals surface area contributed by atoms with Gasteiger partial charge in [-0.25, -0.2) is 0 Å². The molecule has 4 nitrogen and oxygen atoms in total. The van der Waals surface area contributed by atoms with E-state index in [1.807, 2.05) is 6.08 Å². The van der Waals surface area contributed by atoms with Crippen molar-refractivity contribution in [2.45, 2.75) is 77.6 Å². The summed E-state index contributed by atoms with van der Waals surface area (Å²) in [5.41, 5.74) is 0. The Hall–Kier alpha value is 0.316. The van der Waals surface area contributed by atoms with E-state index in [0.717, 1.165) is 12.8 Å². The van der Waals surface area contributed by atoms with Crippen LogP contribution < -0.4 is 56.5 Å². The van der Waals surface area contributed by atoms with E-state index in [2.05, 4.69) is 6.92 Å². The molecule has 0 aromatic heterocycles. The Labute approximate surface area is 171 Å². The maximum Gasteiger partial charge on any atom is 1.00 e. The summed E-state index contributed by atoms with van der Waals surface area (Å²) in [6.07, 6.45) is 13.8. The Morgan fingerprint density at radius 1 is 0.952 bits per heavy atom. The fourth-order valence-corrected chi connectivity index (χ4v) is 1.85. The zero-order valence-corrected chi connectivity index (χ0v) is 16.7. The van der Waals surface area contributed by atoms with Gasteiger partial charge in [0, 0.05) is 5.97 Å². The first-order valence-electron chi connectivity index (χ1n) is 7.71. The summed E-state index contributed by atoms with van der Waals surface area (Å²) in [5.74, 6) is -1.76. The van der Waals surface area contributed by atoms with Gasteiger partial charge in [-0.3, -0.25) is 4.79 Å². The van der Waals surface area contributed by atoms with Crippen LogP contribution in [0.3, 0.4) is 0 Å². The Morgan fingerprint density at radius 3 is 2.10 bits per heavy atom. The van der Waals surface area contributed by atoms with Crippen LogP contribution in [0.4, 0.5) is 0 Å². The first kappa shape index (κ1) is 23.6. The van der Waals surface area contributed by atoms with Crippen LogP contribution in [0.5, 0.6) is 0 Å². The molecule has 0 saturated carbocycles. The summed E-state index contributed by atoms with van der Waals surface area (Å²) in [7, 11) is 0. The Bertz CT molecular complexity index is 290. The predicted octanol–water partition coefficient (Wildman–Crippen LogP) is 0.108. The number of hydrogen-bond acceptors (Lipinski definition) is 4. The maximum atomic E-state index is 11.0. The average Bonchev–Trinajstić information content (AvgIpc) is 2.42. The molecule has 0 radical (unpaired) electrons. The molecule has 0 N–H and O–H groups in total. The van der Waals surface area contributed by atoms with Gasteiger partial charge in [-0.2, -0.15) is 0 Å². The van der Waals surface area contributed by atoms with Gasteiger partial charge in [0.15, 0.2) is 0 Å². The van der Waals surface area contributed by atoms with Gasteiger partial charge < -0.3 is 14.6 Å². The van der Waals surface area contributed by atoms with Crippen molar-refractivity contribution in [1.82, 2.24) is 0 Å². The second-order valence-corrected chi connectivity index (χ2v) is 5.00. The molecule has 0 bridgehead atoms. The van der Waals surface area contributed by atoms with Crippen LogP contribution in [-0.2, 0) is 14.3 Å². The number of rotatable bonds is 13. The zero-order valence-electron chi connectivity index (χ0n) is 13.6. The molecule has 0 aliphatic heterocycles. The third kappa shape index (κ3) is 20.3. The third-order valence-electron chi connectivity index (χ3n) is 3.05. The van der Waals surface area contributed by atoms with Gasteiger partial charge in [-0.05, 0) is 25.3 Å². The number of aliphatic carboxylic acids is 1. The number of esters is 1. The molecule has 0 aliphatic rings. The van der Waals surface area contributed by atoms with Gasteiger partial charge in [-0.1, -0.05) is 51.9 Å². The molecule has 0 aromatic carbocycles. The van der Waals surface area contributed by atoms with E-state index in [0.29, 0.717) is 0 Å². The monoisotopic (exact) mass is 322 g/mol. The van der Waals surface area contributed by atoms with Crippen molar-refractivity contribution in [3.05, 3.63) is 12.3 Å². The standard InChI is InChI=1S/C16H28O4.K/c1-2-3-4-5-6-7-8-9-10-11-14-20-16(19)13-12-15(17)18;/h11,14H,2-10,12-13H2,1H3,(H,17,18);/q;+1/p-1. The first-order valence-corrected chi connectivity index (χ1v) is 7.71. The van der Waals surface area contributed by atoms with E-state index in [1.165, 1.54) is 51.2 Å². The number of allylic oxidation sites excluding steroid dienone is 1. The van der Waals surface area contributed by atoms with Gasteiger partial charge in [0.25, 0.3) is 0 Å². The first-order chi connectivity index (χ1) is 9.66. The van der Waals surface area contributed by atoms with Crippen molar-refractivity contribution in [1.29, 1.82) is 0 Å². The van der Waals surface area contributed by atoms with Crippen molar-refractivity contribution < 1.29 is 70.8 Å². The SMILES string of the molecule is CCCCCCCCCCC=COC(=O)CCC(=O)[O-].[K+]. The molecule has 0 unspecified atom stereocenters. The molecule has 0 atom stereocenters. The smallest absolute Gasteiger partial charge is 0.550 e. The van der Waals surface area contributed by atoms with E-state index in [4.69, 9.17) is 4.74 Å². The molecule has 21 heavy (non-hydrogen) atoms. The fourth-order valence-electron chi connectivity index (χ4n) is 1.85. The molecule has 116 valence electrons. The summed E-state index contributed by atoms with van der Waals surface area (Å²) in [4.78, 5) is 21.2. The van der Waals surface area contributed by atoms with Crippen LogP contribution in [0.1, 0.15) is 77.6 Å². The van der Waals surface area contributed by atoms with Gasteiger partial charge in [0.05, 0.1) is 12.7 Å². The molecule has 0 heterocycles. The minimum Gasteiger partial charge on any atom is -0.550 e. The van der Waals surface area contributed by atoms with E-state index in [9.17, 15) is 14.7 Å². The minimum absolute atomic E-state index is 0. The van der Waals surface area contributed by atoms with Gasteiger partial charge in [0.1, 0.15) is 0 Å². The van der Waals surface area contributed by atoms with Gasteiger partial charge in [0.2, 0.25) is 0 Å². The largest absolute Gasteiger partial charge is 1.00 e. The predicted molar refractivity (Wildman–Crippen MR) is 76.7 cm³/mol. The van der Waals surface area contributed by atoms with Crippen LogP contribution >= 0.6 is 0 Å². The molecule has 0 aromatic rings. The molecule has 0 spiro atoms. The topological polar surface area (TPSA) is 66.4 Å². The second kappa shape index (κ2) is 18.4. The second-order valence-electron chi connectivity index (χ2n) is 5.00. The minimum atomic E-state index is -1.23. The normalized spacial score (nSPS) is 10.3. The van der Waals surface area contributed by atoms with E-state index in [1.54, 1.807) is 0 Å². The van der Waals surface area contributed by atoms with E-state index in [-0.39, 0.29) is 64.2 Å². The van der Waals surface area contributed by atoms with Crippen molar-refractivity contribution in [2.75, 3.05) is 0 Å². The Balaban J connectivity index is 0.